The number of halogens is 2. The Bertz CT molecular complexity index is 453. The Morgan fingerprint density at radius 2 is 2.33 bits per heavy atom. The second-order valence-corrected chi connectivity index (χ2v) is 5.42. The Morgan fingerprint density at radius 1 is 1.56 bits per heavy atom. The number of piperidine rings is 1. The average molecular weight is 315 g/mol. The predicted molar refractivity (Wildman–Crippen MR) is 72.1 cm³/mol. The van der Waals surface area contributed by atoms with Crippen LogP contribution in [0.25, 0.3) is 0 Å². The molecule has 1 aromatic rings. The van der Waals surface area contributed by atoms with Crippen molar-refractivity contribution in [1.29, 1.82) is 0 Å². The van der Waals surface area contributed by atoms with Gasteiger partial charge >= 0.3 is 0 Å². The maximum atomic E-state index is 13.7. The maximum Gasteiger partial charge on any atom is 0.256 e. The van der Waals surface area contributed by atoms with Gasteiger partial charge in [-0.25, -0.2) is 4.39 Å². The fourth-order valence-electron chi connectivity index (χ4n) is 2.23. The molecule has 1 aliphatic rings. The smallest absolute Gasteiger partial charge is 0.256 e. The summed E-state index contributed by atoms with van der Waals surface area (Å²) < 4.78 is 14.4. The summed E-state index contributed by atoms with van der Waals surface area (Å²) in [6, 6.07) is 4.76. The Morgan fingerprint density at radius 3 is 3.06 bits per heavy atom. The lowest BCUT2D eigenvalue weighted by molar-refractivity contribution is 0.0693. The van der Waals surface area contributed by atoms with Crippen LogP contribution < -0.4 is 5.32 Å². The normalized spacial score (nSPS) is 19.9. The van der Waals surface area contributed by atoms with Crippen LogP contribution in [0.2, 0.25) is 0 Å². The summed E-state index contributed by atoms with van der Waals surface area (Å²) in [5.41, 5.74) is 0.140. The van der Waals surface area contributed by atoms with E-state index in [1.807, 2.05) is 7.05 Å². The first-order valence-corrected chi connectivity index (χ1v) is 6.82. The molecule has 1 fully saturated rings. The van der Waals surface area contributed by atoms with Gasteiger partial charge in [-0.1, -0.05) is 15.9 Å². The lowest BCUT2D eigenvalue weighted by atomic mass is 10.0. The van der Waals surface area contributed by atoms with Crippen molar-refractivity contribution < 1.29 is 9.18 Å². The standard InChI is InChI=1S/C13H16BrFN2O/c1-16-10-3-2-6-17(8-10)13(18)11-7-9(14)4-5-12(11)15/h4-5,7,10,16H,2-3,6,8H2,1H3. The topological polar surface area (TPSA) is 32.3 Å². The van der Waals surface area contributed by atoms with Gasteiger partial charge in [0.1, 0.15) is 5.82 Å². The van der Waals surface area contributed by atoms with E-state index < -0.39 is 5.82 Å². The van der Waals surface area contributed by atoms with E-state index >= 15 is 0 Å². The highest BCUT2D eigenvalue weighted by molar-refractivity contribution is 9.10. The minimum atomic E-state index is -0.463. The summed E-state index contributed by atoms with van der Waals surface area (Å²) in [4.78, 5) is 14.0. The van der Waals surface area contributed by atoms with Crippen molar-refractivity contribution in [1.82, 2.24) is 10.2 Å². The molecule has 0 saturated carbocycles. The van der Waals surface area contributed by atoms with Crippen LogP contribution in [0.4, 0.5) is 4.39 Å². The SMILES string of the molecule is CNC1CCCN(C(=O)c2cc(Br)ccc2F)C1. The summed E-state index contributed by atoms with van der Waals surface area (Å²) in [5, 5.41) is 3.17. The Kier molecular flexibility index (Phi) is 4.35. The second-order valence-electron chi connectivity index (χ2n) is 4.50. The summed E-state index contributed by atoms with van der Waals surface area (Å²) >= 11 is 3.26. The van der Waals surface area contributed by atoms with Crippen molar-refractivity contribution in [3.63, 3.8) is 0 Å². The van der Waals surface area contributed by atoms with Gasteiger partial charge in [-0.2, -0.15) is 0 Å². The number of nitrogens with zero attached hydrogens (tertiary/aromatic N) is 1. The van der Waals surface area contributed by atoms with E-state index in [1.54, 1.807) is 17.0 Å². The van der Waals surface area contributed by atoms with Gasteiger partial charge in [-0.05, 0) is 38.1 Å². The lowest BCUT2D eigenvalue weighted by Gasteiger charge is -2.32. The largest absolute Gasteiger partial charge is 0.337 e. The van der Waals surface area contributed by atoms with Gasteiger partial charge in [-0.15, -0.1) is 0 Å². The Labute approximate surface area is 114 Å². The third kappa shape index (κ3) is 2.90. The number of hydrogen-bond donors (Lipinski definition) is 1. The van der Waals surface area contributed by atoms with Gasteiger partial charge in [-0.3, -0.25) is 4.79 Å². The lowest BCUT2D eigenvalue weighted by Crippen LogP contribution is -2.47. The number of likely N-dealkylation sites (tertiary alicyclic amines) is 1. The van der Waals surface area contributed by atoms with Gasteiger partial charge in [0.15, 0.2) is 0 Å². The van der Waals surface area contributed by atoms with E-state index in [0.29, 0.717) is 19.1 Å². The molecule has 1 saturated heterocycles. The first kappa shape index (κ1) is 13.5. The van der Waals surface area contributed by atoms with Crippen LogP contribution in [0.3, 0.4) is 0 Å². The highest BCUT2D eigenvalue weighted by Gasteiger charge is 2.25. The average Bonchev–Trinajstić information content (AvgIpc) is 2.41. The number of likely N-dealkylation sites (N-methyl/N-ethyl adjacent to an activating group) is 1. The van der Waals surface area contributed by atoms with Crippen LogP contribution in [-0.2, 0) is 0 Å². The molecule has 1 N–H and O–H groups in total. The number of hydrogen-bond acceptors (Lipinski definition) is 2. The third-order valence-electron chi connectivity index (χ3n) is 3.28. The fraction of sp³-hybridized carbons (Fsp3) is 0.462. The molecule has 0 spiro atoms. The first-order valence-electron chi connectivity index (χ1n) is 6.03. The van der Waals surface area contributed by atoms with E-state index in [-0.39, 0.29) is 11.5 Å². The Balaban J connectivity index is 2.17. The van der Waals surface area contributed by atoms with E-state index in [1.165, 1.54) is 6.07 Å². The molecule has 1 amide bonds. The molecule has 5 heteroatoms. The van der Waals surface area contributed by atoms with Crippen molar-refractivity contribution in [2.45, 2.75) is 18.9 Å². The molecule has 1 heterocycles. The zero-order chi connectivity index (χ0) is 13.1. The fourth-order valence-corrected chi connectivity index (χ4v) is 2.59. The number of rotatable bonds is 2. The molecular weight excluding hydrogens is 299 g/mol. The number of amides is 1. The quantitative estimate of drug-likeness (QED) is 0.909. The summed E-state index contributed by atoms with van der Waals surface area (Å²) in [5.74, 6) is -0.691. The highest BCUT2D eigenvalue weighted by atomic mass is 79.9. The minimum Gasteiger partial charge on any atom is -0.337 e. The van der Waals surface area contributed by atoms with Gasteiger partial charge in [0.05, 0.1) is 5.56 Å². The number of carbonyl (C=O) groups is 1. The molecule has 98 valence electrons. The Hall–Kier alpha value is -0.940. The molecule has 3 nitrogen and oxygen atoms in total. The van der Waals surface area contributed by atoms with E-state index in [0.717, 1.165) is 17.3 Å². The zero-order valence-electron chi connectivity index (χ0n) is 10.2. The van der Waals surface area contributed by atoms with Gasteiger partial charge in [0.25, 0.3) is 5.91 Å². The molecule has 18 heavy (non-hydrogen) atoms. The summed E-state index contributed by atoms with van der Waals surface area (Å²) in [6.45, 7) is 1.34. The third-order valence-corrected chi connectivity index (χ3v) is 3.77. The predicted octanol–water partition coefficient (Wildman–Crippen LogP) is 2.41. The molecule has 2 rings (SSSR count). The number of nitrogens with one attached hydrogen (secondary N) is 1. The van der Waals surface area contributed by atoms with E-state index in [4.69, 9.17) is 0 Å². The number of benzene rings is 1. The molecule has 1 aliphatic heterocycles. The van der Waals surface area contributed by atoms with Crippen LogP contribution in [-0.4, -0.2) is 37.0 Å². The maximum absolute atomic E-state index is 13.7. The van der Waals surface area contributed by atoms with Crippen molar-refractivity contribution >= 4 is 21.8 Å². The van der Waals surface area contributed by atoms with Gasteiger partial charge in [0, 0.05) is 23.6 Å². The van der Waals surface area contributed by atoms with Crippen LogP contribution in [0.1, 0.15) is 23.2 Å². The van der Waals surface area contributed by atoms with Crippen molar-refractivity contribution in [2.24, 2.45) is 0 Å². The highest BCUT2D eigenvalue weighted by Crippen LogP contribution is 2.19. The molecule has 0 bridgehead atoms. The van der Waals surface area contributed by atoms with Crippen molar-refractivity contribution in [2.75, 3.05) is 20.1 Å². The van der Waals surface area contributed by atoms with E-state index in [2.05, 4.69) is 21.2 Å². The molecule has 1 atom stereocenters. The molecule has 1 unspecified atom stereocenters. The second kappa shape index (κ2) is 5.80. The summed E-state index contributed by atoms with van der Waals surface area (Å²) in [6.07, 6.45) is 2.01. The van der Waals surface area contributed by atoms with Crippen molar-refractivity contribution in [3.8, 4) is 0 Å². The minimum absolute atomic E-state index is 0.140. The number of carbonyl (C=O) groups excluding carboxylic acids is 1. The molecular formula is C13H16BrFN2O. The zero-order valence-corrected chi connectivity index (χ0v) is 11.8. The molecule has 0 aliphatic carbocycles. The van der Waals surface area contributed by atoms with Gasteiger partial charge in [0.2, 0.25) is 0 Å². The van der Waals surface area contributed by atoms with Crippen LogP contribution >= 0.6 is 15.9 Å². The molecule has 0 aromatic heterocycles. The van der Waals surface area contributed by atoms with Crippen LogP contribution in [0, 0.1) is 5.82 Å². The van der Waals surface area contributed by atoms with Gasteiger partial charge < -0.3 is 10.2 Å². The molecule has 1 aromatic carbocycles. The van der Waals surface area contributed by atoms with Crippen LogP contribution in [0.15, 0.2) is 22.7 Å². The monoisotopic (exact) mass is 314 g/mol. The van der Waals surface area contributed by atoms with Crippen molar-refractivity contribution in [3.05, 3.63) is 34.1 Å². The first-order chi connectivity index (χ1) is 8.61. The van der Waals surface area contributed by atoms with Crippen LogP contribution in [0.5, 0.6) is 0 Å². The molecule has 0 radical (unpaired) electrons. The summed E-state index contributed by atoms with van der Waals surface area (Å²) in [7, 11) is 1.89. The van der Waals surface area contributed by atoms with E-state index in [9.17, 15) is 9.18 Å².